The molecule has 0 saturated heterocycles. The minimum atomic E-state index is -3.37. The van der Waals surface area contributed by atoms with E-state index in [0.717, 1.165) is 23.9 Å². The fourth-order valence-electron chi connectivity index (χ4n) is 1.71. The van der Waals surface area contributed by atoms with Crippen LogP contribution in [0.3, 0.4) is 0 Å². The molecule has 2 rings (SSSR count). The molecule has 0 spiro atoms. The van der Waals surface area contributed by atoms with Crippen molar-refractivity contribution in [1.82, 2.24) is 14.9 Å². The minimum Gasteiger partial charge on any atom is -0.355 e. The molecule has 1 aliphatic rings. The van der Waals surface area contributed by atoms with Gasteiger partial charge in [0.25, 0.3) is 0 Å². The van der Waals surface area contributed by atoms with Crippen LogP contribution in [0.5, 0.6) is 0 Å². The number of rotatable bonds is 5. The van der Waals surface area contributed by atoms with E-state index in [0.29, 0.717) is 17.3 Å². The van der Waals surface area contributed by atoms with Crippen molar-refractivity contribution < 1.29 is 8.42 Å². The minimum absolute atomic E-state index is 0. The molecule has 0 atom stereocenters. The van der Waals surface area contributed by atoms with E-state index in [4.69, 9.17) is 0 Å². The van der Waals surface area contributed by atoms with Crippen molar-refractivity contribution in [2.75, 3.05) is 33.2 Å². The van der Waals surface area contributed by atoms with Crippen LogP contribution in [0.1, 0.15) is 4.88 Å². The van der Waals surface area contributed by atoms with Gasteiger partial charge >= 0.3 is 0 Å². The van der Waals surface area contributed by atoms with Gasteiger partial charge in [0.15, 0.2) is 5.96 Å². The van der Waals surface area contributed by atoms with Gasteiger partial charge in [0, 0.05) is 31.6 Å². The van der Waals surface area contributed by atoms with E-state index in [1.54, 1.807) is 12.1 Å². The molecule has 0 unspecified atom stereocenters. The zero-order valence-electron chi connectivity index (χ0n) is 11.4. The maximum atomic E-state index is 11.9. The summed E-state index contributed by atoms with van der Waals surface area (Å²) in [7, 11) is -1.42. The van der Waals surface area contributed by atoms with E-state index in [2.05, 4.69) is 15.0 Å². The number of guanidine groups is 1. The maximum Gasteiger partial charge on any atom is 0.250 e. The molecular weight excluding hydrogens is 411 g/mol. The Morgan fingerprint density at radius 3 is 2.70 bits per heavy atom. The Balaban J connectivity index is 0.00000200. The van der Waals surface area contributed by atoms with Crippen molar-refractivity contribution in [3.63, 3.8) is 0 Å². The summed E-state index contributed by atoms with van der Waals surface area (Å²) in [6, 6.07) is 3.43. The van der Waals surface area contributed by atoms with Crippen molar-refractivity contribution >= 4 is 51.3 Å². The highest BCUT2D eigenvalue weighted by Gasteiger charge is 2.16. The van der Waals surface area contributed by atoms with Crippen LogP contribution < -0.4 is 10.0 Å². The van der Waals surface area contributed by atoms with Gasteiger partial charge in [0.1, 0.15) is 4.21 Å². The van der Waals surface area contributed by atoms with Crippen LogP contribution >= 0.6 is 35.3 Å². The third-order valence-electron chi connectivity index (χ3n) is 2.74. The molecule has 0 bridgehead atoms. The number of aryl methyl sites for hydroxylation is 1. The smallest absolute Gasteiger partial charge is 0.250 e. The molecule has 0 fully saturated rings. The normalized spacial score (nSPS) is 14.9. The monoisotopic (exact) mass is 430 g/mol. The van der Waals surface area contributed by atoms with Gasteiger partial charge in [0.2, 0.25) is 10.0 Å². The Labute approximate surface area is 140 Å². The van der Waals surface area contributed by atoms with E-state index in [1.165, 1.54) is 11.3 Å². The van der Waals surface area contributed by atoms with E-state index in [-0.39, 0.29) is 24.0 Å². The molecule has 0 aliphatic carbocycles. The van der Waals surface area contributed by atoms with Crippen molar-refractivity contribution in [2.45, 2.75) is 11.1 Å². The van der Waals surface area contributed by atoms with Gasteiger partial charge in [-0.1, -0.05) is 0 Å². The summed E-state index contributed by atoms with van der Waals surface area (Å²) in [5, 5.41) is 3.11. The SMILES string of the molecule is Cc1ccc(S(=O)(=O)NCCNC2=NCCN2C)s1.I. The topological polar surface area (TPSA) is 73.8 Å². The molecule has 1 aromatic rings. The van der Waals surface area contributed by atoms with Gasteiger partial charge in [0.05, 0.1) is 6.54 Å². The van der Waals surface area contributed by atoms with E-state index < -0.39 is 10.0 Å². The molecule has 1 aromatic heterocycles. The summed E-state index contributed by atoms with van der Waals surface area (Å²) >= 11 is 1.28. The second-order valence-electron chi connectivity index (χ2n) is 4.32. The number of nitrogens with one attached hydrogen (secondary N) is 2. The number of sulfonamides is 1. The number of nitrogens with zero attached hydrogens (tertiary/aromatic N) is 2. The highest BCUT2D eigenvalue weighted by molar-refractivity contribution is 14.0. The lowest BCUT2D eigenvalue weighted by Gasteiger charge is -2.15. The lowest BCUT2D eigenvalue weighted by atomic mass is 10.5. The van der Waals surface area contributed by atoms with Gasteiger partial charge in [-0.3, -0.25) is 4.99 Å². The van der Waals surface area contributed by atoms with Crippen molar-refractivity contribution in [1.29, 1.82) is 0 Å². The molecule has 0 aromatic carbocycles. The van der Waals surface area contributed by atoms with Crippen LogP contribution in [-0.2, 0) is 10.0 Å². The lowest BCUT2D eigenvalue weighted by Crippen LogP contribution is -2.40. The molecule has 0 amide bonds. The molecule has 114 valence electrons. The van der Waals surface area contributed by atoms with Crippen LogP contribution in [0.15, 0.2) is 21.3 Å². The summed E-state index contributed by atoms with van der Waals surface area (Å²) in [6.45, 7) is 4.44. The maximum absolute atomic E-state index is 11.9. The van der Waals surface area contributed by atoms with E-state index >= 15 is 0 Å². The summed E-state index contributed by atoms with van der Waals surface area (Å²) in [5.41, 5.74) is 0. The predicted molar refractivity (Wildman–Crippen MR) is 92.6 cm³/mol. The molecule has 1 aliphatic heterocycles. The zero-order valence-corrected chi connectivity index (χ0v) is 15.4. The summed E-state index contributed by atoms with van der Waals surface area (Å²) < 4.78 is 26.8. The number of thiophene rings is 1. The Kier molecular flexibility index (Phi) is 6.69. The first kappa shape index (κ1) is 17.7. The zero-order chi connectivity index (χ0) is 13.9. The average molecular weight is 430 g/mol. The quantitative estimate of drug-likeness (QED) is 0.537. The molecule has 20 heavy (non-hydrogen) atoms. The predicted octanol–water partition coefficient (Wildman–Crippen LogP) is 0.844. The van der Waals surface area contributed by atoms with Gasteiger partial charge in [-0.15, -0.1) is 35.3 Å². The largest absolute Gasteiger partial charge is 0.355 e. The van der Waals surface area contributed by atoms with Gasteiger partial charge in [-0.25, -0.2) is 13.1 Å². The first-order valence-corrected chi connectivity index (χ1v) is 8.34. The van der Waals surface area contributed by atoms with Crippen LogP contribution in [0.25, 0.3) is 0 Å². The highest BCUT2D eigenvalue weighted by Crippen LogP contribution is 2.19. The van der Waals surface area contributed by atoms with Crippen molar-refractivity contribution in [2.24, 2.45) is 4.99 Å². The van der Waals surface area contributed by atoms with Crippen LogP contribution in [0, 0.1) is 6.92 Å². The number of halogens is 1. The van der Waals surface area contributed by atoms with Gasteiger partial charge < -0.3 is 10.2 Å². The molecule has 9 heteroatoms. The Morgan fingerprint density at radius 2 is 2.15 bits per heavy atom. The molecule has 0 saturated carbocycles. The second-order valence-corrected chi connectivity index (χ2v) is 7.60. The van der Waals surface area contributed by atoms with Crippen molar-refractivity contribution in [3.8, 4) is 0 Å². The van der Waals surface area contributed by atoms with Gasteiger partial charge in [-0.2, -0.15) is 0 Å². The summed E-state index contributed by atoms with van der Waals surface area (Å²) in [5.74, 6) is 0.825. The molecule has 6 nitrogen and oxygen atoms in total. The third-order valence-corrected chi connectivity index (χ3v) is 5.69. The number of hydrogen-bond acceptors (Lipinski definition) is 6. The number of hydrogen-bond donors (Lipinski definition) is 2. The fourth-order valence-corrected chi connectivity index (χ4v) is 4.07. The number of likely N-dealkylation sites (N-methyl/N-ethyl adjacent to an activating group) is 1. The van der Waals surface area contributed by atoms with E-state index in [9.17, 15) is 8.42 Å². The van der Waals surface area contributed by atoms with Crippen LogP contribution in [0.2, 0.25) is 0 Å². The summed E-state index contributed by atoms with van der Waals surface area (Å²) in [6.07, 6.45) is 0. The Bertz CT molecular complexity index is 571. The molecule has 2 heterocycles. The van der Waals surface area contributed by atoms with Crippen LogP contribution in [0.4, 0.5) is 0 Å². The van der Waals surface area contributed by atoms with Crippen LogP contribution in [-0.4, -0.2) is 52.5 Å². The standard InChI is InChI=1S/C11H18N4O2S2.HI/c1-9-3-4-10(18-9)19(16,17)14-6-5-12-11-13-7-8-15(11)2;/h3-4,14H,5-8H2,1-2H3,(H,12,13);1H. The van der Waals surface area contributed by atoms with Crippen molar-refractivity contribution in [3.05, 3.63) is 17.0 Å². The van der Waals surface area contributed by atoms with Gasteiger partial charge in [-0.05, 0) is 19.1 Å². The highest BCUT2D eigenvalue weighted by atomic mass is 127. The molecular formula is C11H19IN4O2S2. The molecule has 0 radical (unpaired) electrons. The number of aliphatic imine (C=N–C) groups is 1. The van der Waals surface area contributed by atoms with E-state index in [1.807, 2.05) is 18.9 Å². The average Bonchev–Trinajstić information content (AvgIpc) is 2.94. The lowest BCUT2D eigenvalue weighted by molar-refractivity contribution is 0.533. The first-order chi connectivity index (χ1) is 8.99. The fraction of sp³-hybridized carbons (Fsp3) is 0.545. The third kappa shape index (κ3) is 4.57. The summed E-state index contributed by atoms with van der Waals surface area (Å²) in [4.78, 5) is 7.27. The Hall–Kier alpha value is -0.390. The first-order valence-electron chi connectivity index (χ1n) is 6.04. The Morgan fingerprint density at radius 1 is 1.40 bits per heavy atom. The second kappa shape index (κ2) is 7.57. The molecule has 2 N–H and O–H groups in total.